The van der Waals surface area contributed by atoms with Gasteiger partial charge in [0.25, 0.3) is 0 Å². The van der Waals surface area contributed by atoms with Gasteiger partial charge in [-0.05, 0) is 23.6 Å². The Morgan fingerprint density at radius 3 is 2.41 bits per heavy atom. The number of nitrogens with zero attached hydrogens (tertiary/aromatic N) is 10. The van der Waals surface area contributed by atoms with E-state index in [0.717, 1.165) is 10.9 Å². The normalized spacial score (nSPS) is 24.9. The number of esters is 1. The summed E-state index contributed by atoms with van der Waals surface area (Å²) >= 11 is 0. The molecule has 3 aliphatic rings. The molecule has 1 aromatic carbocycles. The van der Waals surface area contributed by atoms with Gasteiger partial charge in [0.1, 0.15) is 54.8 Å². The number of aromatic nitrogens is 6. The van der Waals surface area contributed by atoms with E-state index >= 15 is 0 Å². The molecule has 3 saturated heterocycles. The van der Waals surface area contributed by atoms with Crippen LogP contribution >= 0.6 is 37.2 Å². The lowest BCUT2D eigenvalue weighted by molar-refractivity contribution is -0.181. The smallest absolute Gasteiger partial charge is 0.456 e. The van der Waals surface area contributed by atoms with Crippen molar-refractivity contribution in [2.45, 2.75) is 107 Å². The van der Waals surface area contributed by atoms with Crippen LogP contribution in [-0.4, -0.2) is 152 Å². The molecule has 3 aromatic heterocycles. The highest BCUT2D eigenvalue weighted by Gasteiger charge is 2.54. The van der Waals surface area contributed by atoms with Crippen molar-refractivity contribution in [2.75, 3.05) is 50.1 Å². The minimum atomic E-state index is -5.43. The molecule has 6 heterocycles. The summed E-state index contributed by atoms with van der Waals surface area (Å²) < 4.78 is 79.0. The minimum Gasteiger partial charge on any atom is -0.456 e. The summed E-state index contributed by atoms with van der Waals surface area (Å²) in [5.74, 6) is -0.658. The molecule has 74 heavy (non-hydrogen) atoms. The third kappa shape index (κ3) is 15.3. The SMILES string of the molecule is CC(C)(C)SSCCN(CCC(=O)O[C@H]1[C@@H](O)[C@H](n2cnc3c(N)ncnc32)O[C@@H]1COP(=O)(O)O[C@H]1[C@@H](OC2CCCO2)[C@H](n2ccc(N)nc2=O)O[C@@H]1COP(=O)(O)O)C(=O)OCc1ccc(N=[N+]=[N-])cc1. The van der Waals surface area contributed by atoms with Crippen LogP contribution in [0, 0.1) is 0 Å². The number of anilines is 2. The highest BCUT2D eigenvalue weighted by atomic mass is 33.1. The van der Waals surface area contributed by atoms with Gasteiger partial charge >= 0.3 is 33.4 Å². The van der Waals surface area contributed by atoms with E-state index in [9.17, 15) is 43.3 Å². The largest absolute Gasteiger partial charge is 0.472 e. The number of azide groups is 1. The lowest BCUT2D eigenvalue weighted by Crippen LogP contribution is -2.42. The average Bonchev–Trinajstić information content (AvgIpc) is 4.14. The standard InChI is InChI=1S/C40H54N12O18P2S2/c1-40(2,3)74-73-16-14-50(39(56)63-17-22-6-8-23(9-7-22)48-49-43)12-11-27(53)68-31-24(66-36(30(31)54)52-21-46-29-34(42)44-20-45-35(29)52)19-65-72(60,61)70-32-25(18-64-71(57,58)59)67-37(33(32)69-28-5-4-15-62-28)51-13-10-26(41)47-38(51)55/h6-10,13,20-21,24-25,28,30-33,36-37,54H,4-5,11-12,14-19H2,1-3H3,(H,60,61)(H2,41,47,55)(H2,42,44,45)(H2,57,58,59)/t24-,25-,28?,30-,31-,32-,33-,36-,37-/m1/s1. The number of phosphoric ester groups is 2. The van der Waals surface area contributed by atoms with Crippen molar-refractivity contribution in [2.24, 2.45) is 5.11 Å². The summed E-state index contributed by atoms with van der Waals surface area (Å²) in [4.78, 5) is 90.9. The van der Waals surface area contributed by atoms with Gasteiger partial charge in [-0.1, -0.05) is 71.7 Å². The fraction of sp³-hybridized carbons (Fsp3) is 0.575. The molecule has 4 aromatic rings. The average molecular weight is 1120 g/mol. The predicted octanol–water partition coefficient (Wildman–Crippen LogP) is 3.60. The number of fused-ring (bicyclic) bond motifs is 1. The first kappa shape index (κ1) is 56.7. The van der Waals surface area contributed by atoms with Crippen molar-refractivity contribution in [1.29, 1.82) is 0 Å². The van der Waals surface area contributed by atoms with Crippen LogP contribution in [0.2, 0.25) is 0 Å². The summed E-state index contributed by atoms with van der Waals surface area (Å²) in [6, 6.07) is 7.60. The van der Waals surface area contributed by atoms with E-state index in [1.54, 1.807) is 35.1 Å². The molecule has 2 unspecified atom stereocenters. The van der Waals surface area contributed by atoms with Gasteiger partial charge in [0.15, 0.2) is 36.3 Å². The molecular formula is C40H54N12O18P2S2. The highest BCUT2D eigenvalue weighted by molar-refractivity contribution is 8.77. The molecule has 1 amide bonds. The molecule has 0 spiro atoms. The zero-order chi connectivity index (χ0) is 53.4. The number of rotatable bonds is 23. The number of hydrogen-bond donors (Lipinski definition) is 6. The van der Waals surface area contributed by atoms with Crippen LogP contribution in [-0.2, 0) is 62.5 Å². The Labute approximate surface area is 428 Å². The van der Waals surface area contributed by atoms with E-state index in [2.05, 4.69) is 30.0 Å². The number of imidazole rings is 1. The fourth-order valence-corrected chi connectivity index (χ4v) is 11.2. The van der Waals surface area contributed by atoms with Crippen molar-refractivity contribution in [1.82, 2.24) is 34.0 Å². The van der Waals surface area contributed by atoms with E-state index in [1.807, 2.05) is 20.8 Å². The second-order valence-electron chi connectivity index (χ2n) is 17.5. The lowest BCUT2D eigenvalue weighted by Gasteiger charge is -2.28. The number of aliphatic hydroxyl groups excluding tert-OH is 1. The molecule has 8 N–H and O–H groups in total. The molecular weight excluding hydrogens is 1060 g/mol. The van der Waals surface area contributed by atoms with Gasteiger partial charge in [-0.25, -0.2) is 33.7 Å². The molecule has 0 aliphatic carbocycles. The first-order valence-electron chi connectivity index (χ1n) is 22.5. The Hall–Kier alpha value is -4.98. The van der Waals surface area contributed by atoms with Gasteiger partial charge < -0.3 is 64.6 Å². The summed E-state index contributed by atoms with van der Waals surface area (Å²) in [5.41, 5.74) is 20.7. The summed E-state index contributed by atoms with van der Waals surface area (Å²) in [6.45, 7) is 4.26. The number of benzene rings is 1. The fourth-order valence-electron chi connectivity index (χ4n) is 7.64. The van der Waals surface area contributed by atoms with Crippen LogP contribution in [0.4, 0.5) is 22.1 Å². The molecule has 10 atom stereocenters. The first-order chi connectivity index (χ1) is 35.1. The van der Waals surface area contributed by atoms with Crippen LogP contribution in [0.1, 0.15) is 58.1 Å². The highest BCUT2D eigenvalue weighted by Crippen LogP contribution is 2.51. The van der Waals surface area contributed by atoms with Gasteiger partial charge in [0.05, 0.1) is 26.0 Å². The molecule has 0 radical (unpaired) electrons. The zero-order valence-corrected chi connectivity index (χ0v) is 43.1. The summed E-state index contributed by atoms with van der Waals surface area (Å²) in [7, 11) is -7.53. The van der Waals surface area contributed by atoms with E-state index in [0.29, 0.717) is 29.8 Å². The monoisotopic (exact) mass is 1120 g/mol. The molecule has 0 saturated carbocycles. The number of amides is 1. The third-order valence-electron chi connectivity index (χ3n) is 11.0. The second kappa shape index (κ2) is 24.8. The van der Waals surface area contributed by atoms with Gasteiger partial charge in [0.2, 0.25) is 0 Å². The molecule has 3 aliphatic heterocycles. The number of carbonyl (C=O) groups is 2. The number of ether oxygens (including phenoxy) is 6. The van der Waals surface area contributed by atoms with Gasteiger partial charge in [-0.2, -0.15) is 4.98 Å². The number of phosphoric acid groups is 2. The third-order valence-corrected chi connectivity index (χ3v) is 15.8. The number of carbonyl (C=O) groups excluding carboxylic acids is 2. The maximum atomic E-state index is 14.1. The Balaban J connectivity index is 1.09. The maximum Gasteiger partial charge on any atom is 0.472 e. The number of nitrogen functional groups attached to an aromatic ring is 2. The van der Waals surface area contributed by atoms with Crippen molar-refractivity contribution in [3.63, 3.8) is 0 Å². The van der Waals surface area contributed by atoms with Crippen molar-refractivity contribution in [3.8, 4) is 0 Å². The number of nitrogens with two attached hydrogens (primary N) is 2. The van der Waals surface area contributed by atoms with Gasteiger partial charge in [-0.15, -0.1) is 0 Å². The summed E-state index contributed by atoms with van der Waals surface area (Å²) in [5, 5.41) is 15.3. The van der Waals surface area contributed by atoms with Crippen molar-refractivity contribution in [3.05, 3.63) is 75.7 Å². The van der Waals surface area contributed by atoms with Crippen LogP contribution in [0.3, 0.4) is 0 Å². The minimum absolute atomic E-state index is 0.00822. The Bertz CT molecular complexity index is 2800. The predicted molar refractivity (Wildman–Crippen MR) is 260 cm³/mol. The number of hydrogen-bond acceptors (Lipinski definition) is 24. The quantitative estimate of drug-likeness (QED) is 0.0117. The van der Waals surface area contributed by atoms with Gasteiger partial charge in [0, 0.05) is 53.4 Å². The Morgan fingerprint density at radius 2 is 1.72 bits per heavy atom. The number of aliphatic hydroxyl groups is 1. The Kier molecular flexibility index (Phi) is 19.0. The first-order valence-corrected chi connectivity index (χ1v) is 27.9. The molecule has 30 nitrogen and oxygen atoms in total. The van der Waals surface area contributed by atoms with Crippen molar-refractivity contribution >= 4 is 77.8 Å². The van der Waals surface area contributed by atoms with E-state index in [-0.39, 0.29) is 53.8 Å². The lowest BCUT2D eigenvalue weighted by atomic mass is 10.1. The Morgan fingerprint density at radius 1 is 0.986 bits per heavy atom. The van der Waals surface area contributed by atoms with E-state index in [1.165, 1.54) is 38.9 Å². The zero-order valence-electron chi connectivity index (χ0n) is 39.7. The van der Waals surface area contributed by atoms with Crippen LogP contribution in [0.15, 0.2) is 59.1 Å². The molecule has 7 rings (SSSR count). The maximum absolute atomic E-state index is 14.1. The van der Waals surface area contributed by atoms with Gasteiger partial charge in [-0.3, -0.25) is 27.5 Å². The molecule has 404 valence electrons. The van der Waals surface area contributed by atoms with Crippen molar-refractivity contribution < 1.29 is 80.5 Å². The van der Waals surface area contributed by atoms with Crippen LogP contribution in [0.25, 0.3) is 21.6 Å². The molecule has 3 fully saturated rings. The topological polar surface area (TPSA) is 415 Å². The van der Waals surface area contributed by atoms with Crippen LogP contribution < -0.4 is 17.2 Å². The molecule has 0 bridgehead atoms. The van der Waals surface area contributed by atoms with E-state index < -0.39 is 108 Å². The summed E-state index contributed by atoms with van der Waals surface area (Å²) in [6.07, 6.45) is -10.6. The van der Waals surface area contributed by atoms with Crippen LogP contribution in [0.5, 0.6) is 0 Å². The molecule has 34 heteroatoms. The van der Waals surface area contributed by atoms with E-state index in [4.69, 9.17) is 59.0 Å². The second-order valence-corrected chi connectivity index (χ2v) is 23.4.